The van der Waals surface area contributed by atoms with E-state index in [0.717, 1.165) is 9.87 Å². The highest BCUT2D eigenvalue weighted by molar-refractivity contribution is 8.02. The number of nitrogens with zero attached hydrogens (tertiary/aromatic N) is 2. The number of halogens is 3. The molecular weight excluding hydrogens is 485 g/mol. The molecule has 0 N–H and O–H groups in total. The summed E-state index contributed by atoms with van der Waals surface area (Å²) in [5.74, 6) is -3.25. The summed E-state index contributed by atoms with van der Waals surface area (Å²) in [7, 11) is -2.60. The zero-order valence-electron chi connectivity index (χ0n) is 19.0. The van der Waals surface area contributed by atoms with E-state index in [-0.39, 0.29) is 54.3 Å². The Morgan fingerprint density at radius 3 is 2.47 bits per heavy atom. The molecule has 0 bridgehead atoms. The second-order valence-electron chi connectivity index (χ2n) is 8.85. The third kappa shape index (κ3) is 4.85. The normalized spacial score (nSPS) is 21.5. The number of alkyl halides is 2. The minimum Gasteiger partial charge on any atom is -0.341 e. The van der Waals surface area contributed by atoms with Crippen molar-refractivity contribution in [3.8, 4) is 11.1 Å². The SMILES string of the molecule is Cc1ccc(S(=O)(=O)N2CCS[C@@H]2C(=O)N(C)C2CCC(F)(F)CC2)c(-c2ccccc2F)c1. The van der Waals surface area contributed by atoms with E-state index < -0.39 is 33.0 Å². The third-order valence-corrected chi connectivity index (χ3v) is 9.77. The van der Waals surface area contributed by atoms with Crippen molar-refractivity contribution >= 4 is 27.7 Å². The molecule has 0 spiro atoms. The summed E-state index contributed by atoms with van der Waals surface area (Å²) in [6.07, 6.45) is -0.224. The summed E-state index contributed by atoms with van der Waals surface area (Å²) in [5.41, 5.74) is 1.18. The average molecular weight is 513 g/mol. The van der Waals surface area contributed by atoms with Gasteiger partial charge in [-0.2, -0.15) is 4.31 Å². The Morgan fingerprint density at radius 1 is 1.12 bits per heavy atom. The van der Waals surface area contributed by atoms with Crippen molar-refractivity contribution in [1.29, 1.82) is 0 Å². The topological polar surface area (TPSA) is 57.7 Å². The molecule has 0 aromatic heterocycles. The van der Waals surface area contributed by atoms with Crippen molar-refractivity contribution in [3.63, 3.8) is 0 Å². The van der Waals surface area contributed by atoms with Gasteiger partial charge in [-0.1, -0.05) is 29.8 Å². The monoisotopic (exact) mass is 512 g/mol. The lowest BCUT2D eigenvalue weighted by atomic mass is 9.91. The van der Waals surface area contributed by atoms with E-state index in [4.69, 9.17) is 0 Å². The minimum absolute atomic E-state index is 0.0662. The van der Waals surface area contributed by atoms with E-state index in [1.165, 1.54) is 40.9 Å². The van der Waals surface area contributed by atoms with Crippen LogP contribution in [-0.4, -0.2) is 60.2 Å². The molecule has 1 aliphatic carbocycles. The van der Waals surface area contributed by atoms with Crippen LogP contribution in [0.25, 0.3) is 11.1 Å². The van der Waals surface area contributed by atoms with Gasteiger partial charge in [0.15, 0.2) is 0 Å². The molecule has 1 saturated carbocycles. The number of carbonyl (C=O) groups is 1. The number of sulfonamides is 1. The first kappa shape index (κ1) is 25.1. The molecule has 1 aliphatic heterocycles. The van der Waals surface area contributed by atoms with Crippen LogP contribution in [0.15, 0.2) is 47.4 Å². The van der Waals surface area contributed by atoms with Gasteiger partial charge in [0.25, 0.3) is 5.91 Å². The standard InChI is InChI=1S/C24H27F3N2O3S2/c1-16-7-8-21(19(15-16)18-5-3-4-6-20(18)25)34(31,32)29-13-14-33-23(29)22(30)28(2)17-9-11-24(26,27)12-10-17/h3-8,15,17,23H,9-14H2,1-2H3/t23-/m1/s1. The molecule has 2 aromatic carbocycles. The van der Waals surface area contributed by atoms with Gasteiger partial charge < -0.3 is 4.90 Å². The van der Waals surface area contributed by atoms with Gasteiger partial charge in [-0.15, -0.1) is 11.8 Å². The number of hydrogen-bond donors (Lipinski definition) is 0. The molecule has 2 aromatic rings. The van der Waals surface area contributed by atoms with Gasteiger partial charge in [0.1, 0.15) is 11.2 Å². The maximum Gasteiger partial charge on any atom is 0.251 e. The second-order valence-corrected chi connectivity index (χ2v) is 11.9. The van der Waals surface area contributed by atoms with Gasteiger partial charge in [0.05, 0.1) is 4.90 Å². The zero-order chi connectivity index (χ0) is 24.7. The molecule has 2 fully saturated rings. The summed E-state index contributed by atoms with van der Waals surface area (Å²) in [6.45, 7) is 1.92. The Hall–Kier alpha value is -2.04. The van der Waals surface area contributed by atoms with Gasteiger partial charge in [0, 0.05) is 49.4 Å². The van der Waals surface area contributed by atoms with Gasteiger partial charge in [0.2, 0.25) is 15.9 Å². The van der Waals surface area contributed by atoms with Crippen molar-refractivity contribution in [2.24, 2.45) is 0 Å². The third-order valence-electron chi connectivity index (χ3n) is 6.53. The van der Waals surface area contributed by atoms with E-state index in [2.05, 4.69) is 0 Å². The van der Waals surface area contributed by atoms with Crippen LogP contribution in [0.2, 0.25) is 0 Å². The molecule has 4 rings (SSSR count). The number of rotatable bonds is 5. The molecule has 34 heavy (non-hydrogen) atoms. The fraction of sp³-hybridized carbons (Fsp3) is 0.458. The molecule has 184 valence electrons. The average Bonchev–Trinajstić information content (AvgIpc) is 3.29. The maximum absolute atomic E-state index is 14.6. The Kier molecular flexibility index (Phi) is 7.04. The van der Waals surface area contributed by atoms with Crippen LogP contribution in [0.5, 0.6) is 0 Å². The van der Waals surface area contributed by atoms with Crippen molar-refractivity contribution in [1.82, 2.24) is 9.21 Å². The first-order valence-electron chi connectivity index (χ1n) is 11.1. The molecule has 1 saturated heterocycles. The van der Waals surface area contributed by atoms with Crippen LogP contribution in [0.3, 0.4) is 0 Å². The molecule has 1 atom stereocenters. The number of carbonyl (C=O) groups excluding carboxylic acids is 1. The van der Waals surface area contributed by atoms with Crippen molar-refractivity contribution in [2.45, 2.75) is 54.8 Å². The second kappa shape index (κ2) is 9.54. The van der Waals surface area contributed by atoms with Crippen LogP contribution in [-0.2, 0) is 14.8 Å². The minimum atomic E-state index is -4.15. The number of hydrogen-bond acceptors (Lipinski definition) is 4. The van der Waals surface area contributed by atoms with E-state index in [1.807, 2.05) is 0 Å². The predicted octanol–water partition coefficient (Wildman–Crippen LogP) is 4.90. The van der Waals surface area contributed by atoms with E-state index in [1.54, 1.807) is 32.2 Å². The highest BCUT2D eigenvalue weighted by Crippen LogP contribution is 2.39. The van der Waals surface area contributed by atoms with Crippen molar-refractivity contribution < 1.29 is 26.4 Å². The lowest BCUT2D eigenvalue weighted by molar-refractivity contribution is -0.135. The number of benzene rings is 2. The lowest BCUT2D eigenvalue weighted by Gasteiger charge is -2.36. The fourth-order valence-corrected chi connectivity index (χ4v) is 7.90. The van der Waals surface area contributed by atoms with Gasteiger partial charge in [-0.3, -0.25) is 4.79 Å². The Morgan fingerprint density at radius 2 is 1.79 bits per heavy atom. The quantitative estimate of drug-likeness (QED) is 0.572. The maximum atomic E-state index is 14.6. The number of thioether (sulfide) groups is 1. The summed E-state index contributed by atoms with van der Waals surface area (Å²) >= 11 is 1.21. The highest BCUT2D eigenvalue weighted by atomic mass is 32.2. The Labute approximate surface area is 202 Å². The van der Waals surface area contributed by atoms with Gasteiger partial charge in [-0.25, -0.2) is 21.6 Å². The molecule has 2 aliphatic rings. The van der Waals surface area contributed by atoms with Gasteiger partial charge in [-0.05, 0) is 38.0 Å². The van der Waals surface area contributed by atoms with E-state index >= 15 is 0 Å². The molecule has 0 radical (unpaired) electrons. The summed E-state index contributed by atoms with van der Waals surface area (Å²) < 4.78 is 70.4. The van der Waals surface area contributed by atoms with Crippen LogP contribution in [0.4, 0.5) is 13.2 Å². The number of aryl methyl sites for hydroxylation is 1. The van der Waals surface area contributed by atoms with Crippen LogP contribution in [0.1, 0.15) is 31.2 Å². The van der Waals surface area contributed by atoms with Crippen LogP contribution < -0.4 is 0 Å². The molecule has 0 unspecified atom stereocenters. The highest BCUT2D eigenvalue weighted by Gasteiger charge is 2.44. The summed E-state index contributed by atoms with van der Waals surface area (Å²) in [5, 5.41) is -0.993. The molecule has 1 amide bonds. The lowest BCUT2D eigenvalue weighted by Crippen LogP contribution is -2.50. The Bertz CT molecular complexity index is 1180. The van der Waals surface area contributed by atoms with E-state index in [9.17, 15) is 26.4 Å². The summed E-state index contributed by atoms with van der Waals surface area (Å²) in [6, 6.07) is 10.3. The molecule has 10 heteroatoms. The number of amides is 1. The van der Waals surface area contributed by atoms with Crippen molar-refractivity contribution in [3.05, 3.63) is 53.8 Å². The Balaban J connectivity index is 1.64. The zero-order valence-corrected chi connectivity index (χ0v) is 20.6. The smallest absolute Gasteiger partial charge is 0.251 e. The molecule has 5 nitrogen and oxygen atoms in total. The van der Waals surface area contributed by atoms with Crippen LogP contribution in [0, 0.1) is 12.7 Å². The fourth-order valence-electron chi connectivity index (χ4n) is 4.55. The largest absolute Gasteiger partial charge is 0.341 e. The van der Waals surface area contributed by atoms with E-state index in [0.29, 0.717) is 5.75 Å². The van der Waals surface area contributed by atoms with Gasteiger partial charge >= 0.3 is 0 Å². The number of likely N-dealkylation sites (N-methyl/N-ethyl adjacent to an activating group) is 1. The molecular formula is C24H27F3N2O3S2. The molecule has 1 heterocycles. The van der Waals surface area contributed by atoms with Crippen molar-refractivity contribution in [2.75, 3.05) is 19.3 Å². The first-order chi connectivity index (χ1) is 16.0. The summed E-state index contributed by atoms with van der Waals surface area (Å²) in [4.78, 5) is 14.7. The predicted molar refractivity (Wildman–Crippen MR) is 127 cm³/mol. The first-order valence-corrected chi connectivity index (χ1v) is 13.6. The van der Waals surface area contributed by atoms with Crippen LogP contribution >= 0.6 is 11.8 Å².